The fourth-order valence-corrected chi connectivity index (χ4v) is 7.07. The maximum absolute atomic E-state index is 13.9. The number of fused-ring (bicyclic) bond motifs is 2. The van der Waals surface area contributed by atoms with Gasteiger partial charge in [-0.3, -0.25) is 23.7 Å². The summed E-state index contributed by atoms with van der Waals surface area (Å²) in [5, 5.41) is 3.65. The monoisotopic (exact) mass is 604 g/mol. The maximum atomic E-state index is 13.9. The van der Waals surface area contributed by atoms with E-state index in [1.165, 1.54) is 4.90 Å². The molecule has 1 aliphatic carbocycles. The molecule has 2 aliphatic heterocycles. The van der Waals surface area contributed by atoms with Crippen molar-refractivity contribution < 1.29 is 42.8 Å². The van der Waals surface area contributed by atoms with Crippen LogP contribution in [0.3, 0.4) is 0 Å². The number of H-pyrrole nitrogens is 1. The first-order chi connectivity index (χ1) is 20.0. The number of carbonyl (C=O) groups is 4. The number of hydrogen-bond donors (Lipinski definition) is 4. The number of Topliss-reactive ketones (excluding diaryl/α,β-unsaturated/α-hetero) is 1. The maximum Gasteiger partial charge on any atom is 0.471 e. The third-order valence-corrected chi connectivity index (χ3v) is 9.31. The molecule has 2 saturated heterocycles. The lowest BCUT2D eigenvalue weighted by Crippen LogP contribution is -2.53. The second-order valence-electron chi connectivity index (χ2n) is 11.3. The molecule has 2 aromatic rings. The zero-order valence-electron chi connectivity index (χ0n) is 23.7. The van der Waals surface area contributed by atoms with Crippen LogP contribution in [0.25, 0.3) is 10.9 Å². The van der Waals surface area contributed by atoms with Crippen molar-refractivity contribution in [2.24, 2.45) is 17.8 Å². The summed E-state index contributed by atoms with van der Waals surface area (Å²) >= 11 is 0. The van der Waals surface area contributed by atoms with Crippen molar-refractivity contribution in [3.05, 3.63) is 30.0 Å². The van der Waals surface area contributed by atoms with Crippen LogP contribution in [0.15, 0.2) is 24.3 Å². The first-order valence-electron chi connectivity index (χ1n) is 14.3. The van der Waals surface area contributed by atoms with Crippen LogP contribution in [0.5, 0.6) is 5.75 Å². The summed E-state index contributed by atoms with van der Waals surface area (Å²) in [6.45, 7) is 1.78. The first kappa shape index (κ1) is 30.2. The van der Waals surface area contributed by atoms with E-state index in [4.69, 9.17) is 14.5 Å². The number of phosphoric acid groups is 1. The number of rotatable bonds is 11. The second kappa shape index (κ2) is 12.2. The van der Waals surface area contributed by atoms with E-state index >= 15 is 0 Å². The van der Waals surface area contributed by atoms with E-state index in [1.54, 1.807) is 25.0 Å². The number of amides is 3. The van der Waals surface area contributed by atoms with E-state index in [0.717, 1.165) is 30.2 Å². The lowest BCUT2D eigenvalue weighted by Gasteiger charge is -2.29. The highest BCUT2D eigenvalue weighted by Gasteiger charge is 2.50. The molecular weight excluding hydrogens is 567 g/mol. The minimum atomic E-state index is -4.75. The van der Waals surface area contributed by atoms with Crippen molar-refractivity contribution in [2.75, 3.05) is 26.9 Å². The van der Waals surface area contributed by atoms with Gasteiger partial charge in [0.25, 0.3) is 5.91 Å². The highest BCUT2D eigenvalue weighted by molar-refractivity contribution is 7.46. The highest BCUT2D eigenvalue weighted by Crippen LogP contribution is 2.43. The molecule has 3 aliphatic rings. The van der Waals surface area contributed by atoms with Crippen molar-refractivity contribution in [1.29, 1.82) is 0 Å². The van der Waals surface area contributed by atoms with Crippen LogP contribution in [0.2, 0.25) is 0 Å². The Bertz CT molecular complexity index is 1420. The summed E-state index contributed by atoms with van der Waals surface area (Å²) < 4.78 is 21.0. The number of likely N-dealkylation sites (tertiary alicyclic amines) is 2. The van der Waals surface area contributed by atoms with Crippen LogP contribution in [0.4, 0.5) is 0 Å². The molecule has 228 valence electrons. The fourth-order valence-electron chi connectivity index (χ4n) is 6.78. The van der Waals surface area contributed by atoms with Crippen molar-refractivity contribution in [1.82, 2.24) is 20.1 Å². The normalized spacial score (nSPS) is 24.7. The van der Waals surface area contributed by atoms with Crippen LogP contribution in [0, 0.1) is 17.8 Å². The second-order valence-corrected chi connectivity index (χ2v) is 12.6. The number of nitrogens with zero attached hydrogens (tertiary/aromatic N) is 2. The van der Waals surface area contributed by atoms with Gasteiger partial charge < -0.3 is 34.6 Å². The Balaban J connectivity index is 1.33. The summed E-state index contributed by atoms with van der Waals surface area (Å²) in [6, 6.07) is 5.53. The molecule has 1 aromatic heterocycles. The topological polar surface area (TPSA) is 179 Å². The SMILES string of the molecule is CCC(=O)C(CC1CCN(COP(=O)(O)O)C1=O)NC(=O)C1C2CCCC2CN1C(=O)c1cc2c(OC)cccc2[nH]1. The smallest absolute Gasteiger partial charge is 0.471 e. The van der Waals surface area contributed by atoms with E-state index < -0.39 is 44.4 Å². The van der Waals surface area contributed by atoms with E-state index in [1.807, 2.05) is 18.2 Å². The van der Waals surface area contributed by atoms with Gasteiger partial charge in [-0.25, -0.2) is 4.57 Å². The van der Waals surface area contributed by atoms with Gasteiger partial charge in [-0.1, -0.05) is 19.4 Å². The van der Waals surface area contributed by atoms with Crippen molar-refractivity contribution >= 4 is 42.2 Å². The Morgan fingerprint density at radius 3 is 2.71 bits per heavy atom. The molecule has 0 radical (unpaired) electrons. The summed E-state index contributed by atoms with van der Waals surface area (Å²) in [5.74, 6) is -1.17. The third-order valence-electron chi connectivity index (χ3n) is 8.86. The highest BCUT2D eigenvalue weighted by atomic mass is 31.2. The number of carbonyl (C=O) groups excluding carboxylic acids is 4. The first-order valence-corrected chi connectivity index (χ1v) is 15.8. The van der Waals surface area contributed by atoms with Crippen molar-refractivity contribution in [2.45, 2.75) is 57.5 Å². The Morgan fingerprint density at radius 2 is 2.00 bits per heavy atom. The molecule has 3 amide bonds. The largest absolute Gasteiger partial charge is 0.496 e. The van der Waals surface area contributed by atoms with Gasteiger partial charge in [0, 0.05) is 36.3 Å². The molecule has 5 unspecified atom stereocenters. The number of ketones is 1. The van der Waals surface area contributed by atoms with E-state index in [9.17, 15) is 23.7 Å². The van der Waals surface area contributed by atoms with E-state index in [2.05, 4.69) is 14.8 Å². The molecule has 5 atom stereocenters. The molecule has 1 aromatic carbocycles. The molecule has 0 spiro atoms. The molecule has 3 heterocycles. The number of phosphoric ester groups is 1. The molecule has 4 N–H and O–H groups in total. The molecular formula is C28H37N4O9P. The number of nitrogens with one attached hydrogen (secondary N) is 2. The molecule has 1 saturated carbocycles. The van der Waals surface area contributed by atoms with Crippen LogP contribution in [-0.2, 0) is 23.5 Å². The number of aromatic nitrogens is 1. The van der Waals surface area contributed by atoms with Crippen molar-refractivity contribution in [3.63, 3.8) is 0 Å². The van der Waals surface area contributed by atoms with Gasteiger partial charge in [-0.05, 0) is 55.7 Å². The lowest BCUT2D eigenvalue weighted by atomic mass is 9.91. The lowest BCUT2D eigenvalue weighted by molar-refractivity contribution is -0.135. The summed E-state index contributed by atoms with van der Waals surface area (Å²) in [6.07, 6.45) is 3.24. The van der Waals surface area contributed by atoms with Gasteiger partial charge in [-0.2, -0.15) is 0 Å². The zero-order chi connectivity index (χ0) is 30.2. The number of ether oxygens (including phenoxy) is 1. The molecule has 42 heavy (non-hydrogen) atoms. The van der Waals surface area contributed by atoms with Gasteiger partial charge >= 0.3 is 7.82 Å². The van der Waals surface area contributed by atoms with Crippen LogP contribution in [0.1, 0.15) is 55.9 Å². The number of methoxy groups -OCH3 is 1. The van der Waals surface area contributed by atoms with Gasteiger partial charge in [0.15, 0.2) is 5.78 Å². The number of hydrogen-bond acceptors (Lipinski definition) is 7. The van der Waals surface area contributed by atoms with Gasteiger partial charge in [0.1, 0.15) is 24.2 Å². The fraction of sp³-hybridized carbons (Fsp3) is 0.571. The molecule has 0 bridgehead atoms. The molecule has 13 nitrogen and oxygen atoms in total. The standard InChI is InChI=1S/C28H37N4O9P/c1-3-23(33)21(12-16-10-11-31(27(16)35)15-41-42(37,38)39)30-26(34)25-18-7-4-6-17(18)14-32(25)28(36)22-13-19-20(29-22)8-5-9-24(19)40-2/h5,8-9,13,16-18,21,25,29H,3-4,6-7,10-12,14-15H2,1-2H3,(H,30,34)(H2,37,38,39). The third kappa shape index (κ3) is 6.10. The molecule has 5 rings (SSSR count). The minimum Gasteiger partial charge on any atom is -0.496 e. The van der Waals surface area contributed by atoms with Gasteiger partial charge in [-0.15, -0.1) is 0 Å². The molecule has 14 heteroatoms. The Kier molecular flexibility index (Phi) is 8.75. The van der Waals surface area contributed by atoms with Crippen LogP contribution >= 0.6 is 7.82 Å². The zero-order valence-corrected chi connectivity index (χ0v) is 24.5. The van der Waals surface area contributed by atoms with Crippen molar-refractivity contribution in [3.8, 4) is 5.75 Å². The Labute approximate surface area is 243 Å². The van der Waals surface area contributed by atoms with Crippen LogP contribution < -0.4 is 10.1 Å². The number of aromatic amines is 1. The van der Waals surface area contributed by atoms with E-state index in [0.29, 0.717) is 24.4 Å². The summed E-state index contributed by atoms with van der Waals surface area (Å²) in [7, 11) is -3.19. The quantitative estimate of drug-likeness (QED) is 0.280. The predicted octanol–water partition coefficient (Wildman–Crippen LogP) is 2.19. The van der Waals surface area contributed by atoms with E-state index in [-0.39, 0.29) is 42.9 Å². The number of benzene rings is 1. The Morgan fingerprint density at radius 1 is 1.21 bits per heavy atom. The van der Waals surface area contributed by atoms with Crippen LogP contribution in [-0.4, -0.2) is 87.1 Å². The Hall–Kier alpha value is -3.25. The molecule has 3 fully saturated rings. The van der Waals surface area contributed by atoms with Gasteiger partial charge in [0.2, 0.25) is 11.8 Å². The predicted molar refractivity (Wildman–Crippen MR) is 150 cm³/mol. The summed E-state index contributed by atoms with van der Waals surface area (Å²) in [5.41, 5.74) is 1.09. The summed E-state index contributed by atoms with van der Waals surface area (Å²) in [4.78, 5) is 77.4. The average molecular weight is 605 g/mol. The van der Waals surface area contributed by atoms with Gasteiger partial charge in [0.05, 0.1) is 13.2 Å². The average Bonchev–Trinajstić information content (AvgIpc) is 3.73. The minimum absolute atomic E-state index is 0.0290.